The number of hydrogen-bond acceptors (Lipinski definition) is 3. The van der Waals surface area contributed by atoms with E-state index in [0.717, 1.165) is 0 Å². The minimum Gasteiger partial charge on any atom is -0.500 e. The lowest BCUT2D eigenvalue weighted by molar-refractivity contribution is -0.144. The van der Waals surface area contributed by atoms with Crippen molar-refractivity contribution in [1.82, 2.24) is 0 Å². The Morgan fingerprint density at radius 3 is 2.50 bits per heavy atom. The van der Waals surface area contributed by atoms with Gasteiger partial charge in [-0.15, -0.1) is 0 Å². The number of methoxy groups -OCH3 is 1. The number of ketones is 2. The zero-order valence-electron chi connectivity index (χ0n) is 13.6. The molecule has 2 bridgehead atoms. The highest BCUT2D eigenvalue weighted by atomic mass is 127. The van der Waals surface area contributed by atoms with Gasteiger partial charge in [-0.3, -0.25) is 9.59 Å². The SMILES string of the molecule is COC1=CC(=O)[C@]2(I)C(=O)[C@@]1(CC=C(C)C)C[C@@H](I)C2(C)C. The number of carbonyl (C=O) groups excluding carboxylic acids is 2. The highest BCUT2D eigenvalue weighted by molar-refractivity contribution is 14.1. The predicted molar refractivity (Wildman–Crippen MR) is 105 cm³/mol. The number of rotatable bonds is 3. The normalized spacial score (nSPS) is 36.7. The minimum atomic E-state index is -1.01. The summed E-state index contributed by atoms with van der Waals surface area (Å²) < 4.78 is 4.71. The minimum absolute atomic E-state index is 0.0142. The zero-order chi connectivity index (χ0) is 16.9. The fraction of sp³-hybridized carbons (Fsp3) is 0.647. The third-order valence-corrected chi connectivity index (χ3v) is 9.51. The average molecular weight is 528 g/mol. The van der Waals surface area contributed by atoms with E-state index in [4.69, 9.17) is 4.74 Å². The third-order valence-electron chi connectivity index (χ3n) is 5.10. The van der Waals surface area contributed by atoms with Crippen molar-refractivity contribution in [3.05, 3.63) is 23.5 Å². The molecule has 2 aliphatic rings. The van der Waals surface area contributed by atoms with Crippen LogP contribution in [0.25, 0.3) is 0 Å². The average Bonchev–Trinajstić information content (AvgIpc) is 2.44. The molecule has 0 N–H and O–H groups in total. The maximum atomic E-state index is 13.4. The van der Waals surface area contributed by atoms with E-state index in [2.05, 4.69) is 51.3 Å². The topological polar surface area (TPSA) is 43.4 Å². The molecule has 22 heavy (non-hydrogen) atoms. The first-order valence-electron chi connectivity index (χ1n) is 7.36. The van der Waals surface area contributed by atoms with Crippen LogP contribution in [0.15, 0.2) is 23.5 Å². The van der Waals surface area contributed by atoms with Crippen LogP contribution in [0.4, 0.5) is 0 Å². The summed E-state index contributed by atoms with van der Waals surface area (Å²) in [4.78, 5) is 26.2. The molecule has 0 aromatic heterocycles. The Morgan fingerprint density at radius 1 is 1.41 bits per heavy atom. The lowest BCUT2D eigenvalue weighted by Crippen LogP contribution is -2.67. The summed E-state index contributed by atoms with van der Waals surface area (Å²) in [6.45, 7) is 8.11. The number of ether oxygens (including phenoxy) is 1. The first kappa shape index (κ1) is 18.4. The molecular formula is C17H22I2O3. The second kappa shape index (κ2) is 5.86. The summed E-state index contributed by atoms with van der Waals surface area (Å²) >= 11 is 4.50. The van der Waals surface area contributed by atoms with E-state index < -0.39 is 8.84 Å². The lowest BCUT2D eigenvalue weighted by Gasteiger charge is -2.56. The Morgan fingerprint density at radius 2 is 2.00 bits per heavy atom. The van der Waals surface area contributed by atoms with Crippen LogP contribution in [0, 0.1) is 10.8 Å². The number of fused-ring (bicyclic) bond motifs is 2. The van der Waals surface area contributed by atoms with Gasteiger partial charge in [-0.1, -0.05) is 70.7 Å². The van der Waals surface area contributed by atoms with Crippen LogP contribution in [0.5, 0.6) is 0 Å². The molecule has 2 rings (SSSR count). The quantitative estimate of drug-likeness (QED) is 0.236. The van der Waals surface area contributed by atoms with Gasteiger partial charge in [-0.25, -0.2) is 0 Å². The van der Waals surface area contributed by atoms with Crippen molar-refractivity contribution in [2.45, 2.75) is 47.9 Å². The van der Waals surface area contributed by atoms with Crippen LogP contribution in [0.1, 0.15) is 40.5 Å². The second-order valence-corrected chi connectivity index (χ2v) is 10.1. The lowest BCUT2D eigenvalue weighted by atomic mass is 9.53. The van der Waals surface area contributed by atoms with E-state index in [0.29, 0.717) is 18.6 Å². The van der Waals surface area contributed by atoms with E-state index in [1.54, 1.807) is 13.2 Å². The molecule has 1 fully saturated rings. The van der Waals surface area contributed by atoms with Gasteiger partial charge in [0.25, 0.3) is 0 Å². The predicted octanol–water partition coefficient (Wildman–Crippen LogP) is 4.42. The van der Waals surface area contributed by atoms with Crippen molar-refractivity contribution in [1.29, 1.82) is 0 Å². The molecule has 0 radical (unpaired) electrons. The first-order valence-corrected chi connectivity index (χ1v) is 9.68. The van der Waals surface area contributed by atoms with Crippen molar-refractivity contribution in [3.8, 4) is 0 Å². The molecule has 2 aliphatic carbocycles. The smallest absolute Gasteiger partial charge is 0.183 e. The summed E-state index contributed by atoms with van der Waals surface area (Å²) in [5.74, 6) is 0.416. The Bertz CT molecular complexity index is 587. The van der Waals surface area contributed by atoms with E-state index >= 15 is 0 Å². The Hall–Kier alpha value is 0.0800. The Kier molecular flexibility index (Phi) is 4.91. The highest BCUT2D eigenvalue weighted by Crippen LogP contribution is 2.62. The van der Waals surface area contributed by atoms with Gasteiger partial charge in [-0.2, -0.15) is 0 Å². The fourth-order valence-electron chi connectivity index (χ4n) is 3.40. The molecule has 0 unspecified atom stereocenters. The number of hydrogen-bond donors (Lipinski definition) is 0. The molecule has 0 amide bonds. The zero-order valence-corrected chi connectivity index (χ0v) is 17.9. The molecule has 0 aromatic rings. The highest BCUT2D eigenvalue weighted by Gasteiger charge is 2.69. The van der Waals surface area contributed by atoms with E-state index in [9.17, 15) is 9.59 Å². The van der Waals surface area contributed by atoms with Gasteiger partial charge < -0.3 is 4.74 Å². The van der Waals surface area contributed by atoms with Crippen LogP contribution >= 0.6 is 45.2 Å². The van der Waals surface area contributed by atoms with Crippen LogP contribution in [-0.2, 0) is 14.3 Å². The largest absolute Gasteiger partial charge is 0.500 e. The van der Waals surface area contributed by atoms with Gasteiger partial charge in [0.05, 0.1) is 12.5 Å². The molecule has 0 aliphatic heterocycles. The summed E-state index contributed by atoms with van der Waals surface area (Å²) in [7, 11) is 1.55. The van der Waals surface area contributed by atoms with E-state index in [-0.39, 0.29) is 20.9 Å². The van der Waals surface area contributed by atoms with Crippen molar-refractivity contribution < 1.29 is 14.3 Å². The van der Waals surface area contributed by atoms with Crippen LogP contribution < -0.4 is 0 Å². The molecule has 3 atom stereocenters. The van der Waals surface area contributed by atoms with Gasteiger partial charge in [-0.05, 0) is 26.7 Å². The Balaban J connectivity index is 2.70. The summed E-state index contributed by atoms with van der Waals surface area (Å²) in [6.07, 6.45) is 4.96. The van der Waals surface area contributed by atoms with Crippen molar-refractivity contribution >= 4 is 56.7 Å². The number of halogens is 2. The second-order valence-electron chi connectivity index (χ2n) is 7.03. The Labute approximate surface area is 159 Å². The molecule has 0 heterocycles. The molecule has 0 saturated heterocycles. The van der Waals surface area contributed by atoms with Gasteiger partial charge in [0.1, 0.15) is 9.18 Å². The summed E-state index contributed by atoms with van der Waals surface area (Å²) in [5.41, 5.74) is 0.0816. The summed E-state index contributed by atoms with van der Waals surface area (Å²) in [6, 6.07) is 0. The van der Waals surface area contributed by atoms with Gasteiger partial charge in [0.15, 0.2) is 11.6 Å². The standard InChI is InChI=1S/C17H22I2O3/c1-10(2)6-7-16-9-11(18)15(3,4)17(19,14(16)21)12(20)8-13(16)22-5/h6,8,11H,7,9H2,1-5H3/t11-,16+,17+/m1/s1. The molecule has 5 heteroatoms. The van der Waals surface area contributed by atoms with E-state index in [1.165, 1.54) is 5.57 Å². The number of Topliss-reactive ketones (excluding diaryl/α,β-unsaturated/α-hetero) is 1. The van der Waals surface area contributed by atoms with Crippen LogP contribution in [-0.4, -0.2) is 26.0 Å². The van der Waals surface area contributed by atoms with Crippen molar-refractivity contribution in [3.63, 3.8) is 0 Å². The molecular weight excluding hydrogens is 506 g/mol. The maximum Gasteiger partial charge on any atom is 0.183 e. The van der Waals surface area contributed by atoms with Crippen LogP contribution in [0.2, 0.25) is 0 Å². The van der Waals surface area contributed by atoms with Gasteiger partial charge >= 0.3 is 0 Å². The number of alkyl halides is 2. The maximum absolute atomic E-state index is 13.4. The van der Waals surface area contributed by atoms with Crippen molar-refractivity contribution in [2.75, 3.05) is 7.11 Å². The monoisotopic (exact) mass is 528 g/mol. The number of carbonyl (C=O) groups is 2. The molecule has 1 saturated carbocycles. The fourth-order valence-corrected chi connectivity index (χ4v) is 6.26. The summed E-state index contributed by atoms with van der Waals surface area (Å²) in [5, 5.41) is 0. The van der Waals surface area contributed by atoms with Gasteiger partial charge in [0, 0.05) is 15.4 Å². The molecule has 122 valence electrons. The number of allylic oxidation sites excluding steroid dienone is 4. The van der Waals surface area contributed by atoms with E-state index in [1.807, 2.05) is 27.7 Å². The molecule has 0 aromatic carbocycles. The molecule has 0 spiro atoms. The van der Waals surface area contributed by atoms with Crippen molar-refractivity contribution in [2.24, 2.45) is 10.8 Å². The van der Waals surface area contributed by atoms with Crippen LogP contribution in [0.3, 0.4) is 0 Å². The molecule has 3 nitrogen and oxygen atoms in total. The van der Waals surface area contributed by atoms with Gasteiger partial charge in [0.2, 0.25) is 0 Å². The third kappa shape index (κ3) is 2.32. The first-order chi connectivity index (χ1) is 10.0.